The molecular weight excluding hydrogens is 450 g/mol. The Labute approximate surface area is 187 Å². The van der Waals surface area contributed by atoms with Gasteiger partial charge in [-0.2, -0.15) is 4.98 Å². The molecule has 0 amide bonds. The number of nitrogens with zero attached hydrogens (tertiary/aromatic N) is 5. The van der Waals surface area contributed by atoms with E-state index in [1.165, 1.54) is 12.5 Å². The van der Waals surface area contributed by atoms with E-state index in [4.69, 9.17) is 22.1 Å². The van der Waals surface area contributed by atoms with E-state index in [1.807, 2.05) is 0 Å². The number of carboxylic acids is 1. The summed E-state index contributed by atoms with van der Waals surface area (Å²) in [5, 5.41) is 9.41. The third-order valence-corrected chi connectivity index (χ3v) is 4.83. The molecule has 0 unspecified atom stereocenters. The van der Waals surface area contributed by atoms with Gasteiger partial charge >= 0.3 is 5.97 Å². The third kappa shape index (κ3) is 4.98. The highest BCUT2D eigenvalue weighted by molar-refractivity contribution is 6.30. The summed E-state index contributed by atoms with van der Waals surface area (Å²) in [5.41, 5.74) is 6.58. The van der Waals surface area contributed by atoms with Crippen molar-refractivity contribution in [1.29, 1.82) is 0 Å². The number of nitrogens with two attached hydrogens (primary N) is 1. The number of anilines is 1. The summed E-state index contributed by atoms with van der Waals surface area (Å²) in [6, 6.07) is 7.28. The topological polar surface area (TPSA) is 127 Å². The van der Waals surface area contributed by atoms with Gasteiger partial charge in [-0.05, 0) is 30.3 Å². The van der Waals surface area contributed by atoms with Crippen molar-refractivity contribution in [1.82, 2.24) is 19.9 Å². The first-order valence-electron chi connectivity index (χ1n) is 8.92. The first kappa shape index (κ1) is 22.6. The molecule has 1 aromatic carbocycles. The van der Waals surface area contributed by atoms with Crippen molar-refractivity contribution in [3.8, 4) is 23.0 Å². The number of benzene rings is 1. The van der Waals surface area contributed by atoms with Gasteiger partial charge in [-0.1, -0.05) is 11.6 Å². The first-order chi connectivity index (χ1) is 14.4. The molecule has 0 bridgehead atoms. The highest BCUT2D eigenvalue weighted by Gasteiger charge is 2.36. The lowest BCUT2D eigenvalue weighted by atomic mass is 10.1. The van der Waals surface area contributed by atoms with E-state index in [-0.39, 0.29) is 29.9 Å². The Balaban J connectivity index is 0.00000272. The molecule has 9 nitrogen and oxygen atoms in total. The summed E-state index contributed by atoms with van der Waals surface area (Å²) in [4.78, 5) is 29.5. The molecule has 0 saturated carbocycles. The molecule has 12 heteroatoms. The maximum Gasteiger partial charge on any atom is 0.309 e. The van der Waals surface area contributed by atoms with Crippen LogP contribution in [-0.2, 0) is 4.79 Å². The second-order valence-corrected chi connectivity index (χ2v) is 7.13. The lowest BCUT2D eigenvalue weighted by Gasteiger charge is -2.15. The number of halogens is 3. The molecule has 1 saturated heterocycles. The zero-order valence-corrected chi connectivity index (χ0v) is 17.4. The van der Waals surface area contributed by atoms with Gasteiger partial charge in [0.1, 0.15) is 12.1 Å². The maximum atomic E-state index is 13.8. The number of carboxylic acid groups (broad SMARTS) is 1. The molecule has 3 N–H and O–H groups in total. The first-order valence-corrected chi connectivity index (χ1v) is 9.30. The Kier molecular flexibility index (Phi) is 6.84. The molecule has 0 radical (unpaired) electrons. The van der Waals surface area contributed by atoms with Crippen LogP contribution in [0.15, 0.2) is 42.9 Å². The summed E-state index contributed by atoms with van der Waals surface area (Å²) in [7, 11) is 0. The van der Waals surface area contributed by atoms with Gasteiger partial charge in [-0.3, -0.25) is 4.79 Å². The zero-order valence-electron chi connectivity index (χ0n) is 15.9. The number of aliphatic carboxylic acids is 1. The fourth-order valence-corrected chi connectivity index (χ4v) is 3.24. The van der Waals surface area contributed by atoms with E-state index >= 15 is 0 Å². The van der Waals surface area contributed by atoms with Gasteiger partial charge in [0.05, 0.1) is 10.9 Å². The van der Waals surface area contributed by atoms with Gasteiger partial charge in [0.15, 0.2) is 11.6 Å². The Morgan fingerprint density at radius 1 is 1.23 bits per heavy atom. The van der Waals surface area contributed by atoms with Gasteiger partial charge in [0.2, 0.25) is 5.95 Å². The van der Waals surface area contributed by atoms with E-state index in [1.54, 1.807) is 29.2 Å². The predicted molar refractivity (Wildman–Crippen MR) is 113 cm³/mol. The van der Waals surface area contributed by atoms with Crippen LogP contribution < -0.4 is 15.4 Å². The number of aromatic nitrogens is 4. The predicted octanol–water partition coefficient (Wildman–Crippen LogP) is 2.79. The summed E-state index contributed by atoms with van der Waals surface area (Å²) in [5.74, 6) is -1.35. The highest BCUT2D eigenvalue weighted by atomic mass is 35.5. The summed E-state index contributed by atoms with van der Waals surface area (Å²) >= 11 is 5.68. The molecule has 4 rings (SSSR count). The molecule has 2 atom stereocenters. The molecule has 31 heavy (non-hydrogen) atoms. The fraction of sp³-hybridized carbons (Fsp3) is 0.211. The van der Waals surface area contributed by atoms with Gasteiger partial charge < -0.3 is 20.5 Å². The van der Waals surface area contributed by atoms with Crippen molar-refractivity contribution in [2.75, 3.05) is 18.0 Å². The quantitative estimate of drug-likeness (QED) is 0.582. The van der Waals surface area contributed by atoms with E-state index < -0.39 is 23.7 Å². The summed E-state index contributed by atoms with van der Waals surface area (Å²) < 4.78 is 19.3. The van der Waals surface area contributed by atoms with Gasteiger partial charge in [0.25, 0.3) is 5.88 Å². The number of pyridine rings is 1. The third-order valence-electron chi connectivity index (χ3n) is 4.63. The Bertz CT molecular complexity index is 1090. The second-order valence-electron chi connectivity index (χ2n) is 6.69. The van der Waals surface area contributed by atoms with Crippen LogP contribution >= 0.6 is 24.0 Å². The van der Waals surface area contributed by atoms with Crippen LogP contribution in [0.5, 0.6) is 11.6 Å². The van der Waals surface area contributed by atoms with E-state index in [2.05, 4.69) is 19.9 Å². The molecule has 1 aliphatic heterocycles. The maximum absolute atomic E-state index is 13.8. The lowest BCUT2D eigenvalue weighted by molar-refractivity contribution is -0.141. The van der Waals surface area contributed by atoms with Crippen LogP contribution in [0.1, 0.15) is 0 Å². The molecule has 3 heterocycles. The lowest BCUT2D eigenvalue weighted by Crippen LogP contribution is -2.33. The van der Waals surface area contributed by atoms with Crippen molar-refractivity contribution >= 4 is 35.9 Å². The summed E-state index contributed by atoms with van der Waals surface area (Å²) in [6.45, 7) is 0.569. The second kappa shape index (κ2) is 9.38. The van der Waals surface area contributed by atoms with E-state index in [0.29, 0.717) is 29.6 Å². The smallest absolute Gasteiger partial charge is 0.309 e. The molecule has 0 aliphatic carbocycles. The van der Waals surface area contributed by atoms with Crippen LogP contribution in [0.3, 0.4) is 0 Å². The Morgan fingerprint density at radius 2 is 1.97 bits per heavy atom. The van der Waals surface area contributed by atoms with E-state index in [0.717, 1.165) is 6.07 Å². The highest BCUT2D eigenvalue weighted by Crippen LogP contribution is 2.27. The Morgan fingerprint density at radius 3 is 2.61 bits per heavy atom. The van der Waals surface area contributed by atoms with Gasteiger partial charge in [0, 0.05) is 30.9 Å². The number of carbonyl (C=O) groups is 1. The molecule has 0 spiro atoms. The molecule has 162 valence electrons. The van der Waals surface area contributed by atoms with E-state index in [9.17, 15) is 14.3 Å². The van der Waals surface area contributed by atoms with Crippen LogP contribution in [0.25, 0.3) is 11.4 Å². The molecule has 2 aromatic heterocycles. The number of ether oxygens (including phenoxy) is 1. The molecule has 1 aliphatic rings. The zero-order chi connectivity index (χ0) is 21.3. The van der Waals surface area contributed by atoms with Crippen molar-refractivity contribution in [2.24, 2.45) is 11.7 Å². The number of rotatable bonds is 5. The van der Waals surface area contributed by atoms with Gasteiger partial charge in [-0.25, -0.2) is 19.3 Å². The van der Waals surface area contributed by atoms with Crippen LogP contribution in [0.4, 0.5) is 10.3 Å². The molecule has 3 aromatic rings. The minimum Gasteiger partial charge on any atom is -0.481 e. The van der Waals surface area contributed by atoms with Crippen LogP contribution in [0.2, 0.25) is 5.02 Å². The molecule has 1 fully saturated rings. The minimum absolute atomic E-state index is 0. The SMILES string of the molecule is Cl.N[C@H]1CN(c2ncnc(-c3ccc(Oc4ncc(Cl)cc4F)cc3)n2)C[C@H]1C(=O)O. The normalized spacial score (nSPS) is 17.8. The standard InChI is InChI=1S/C19H16ClFN6O3.ClH/c20-11-5-14(21)17(23-6-11)30-12-3-1-10(2-4-12)16-24-9-25-19(26-16)27-7-13(18(28)29)15(22)8-27;/h1-6,9,13,15H,7-8,22H2,(H,28,29);1H/t13-,15+;/m1./s1. The average molecular weight is 467 g/mol. The van der Waals surface area contributed by atoms with Crippen molar-refractivity contribution in [3.63, 3.8) is 0 Å². The largest absolute Gasteiger partial charge is 0.481 e. The van der Waals surface area contributed by atoms with Crippen molar-refractivity contribution in [3.05, 3.63) is 53.7 Å². The van der Waals surface area contributed by atoms with Crippen molar-refractivity contribution < 1.29 is 19.0 Å². The Hall–Kier alpha value is -3.08. The van der Waals surface area contributed by atoms with Crippen molar-refractivity contribution in [2.45, 2.75) is 6.04 Å². The van der Waals surface area contributed by atoms with Gasteiger partial charge in [-0.15, -0.1) is 12.4 Å². The monoisotopic (exact) mass is 466 g/mol. The fourth-order valence-electron chi connectivity index (χ4n) is 3.09. The van der Waals surface area contributed by atoms with Crippen LogP contribution in [0, 0.1) is 11.7 Å². The number of hydrogen-bond donors (Lipinski definition) is 2. The summed E-state index contributed by atoms with van der Waals surface area (Å²) in [6.07, 6.45) is 2.65. The number of hydrogen-bond acceptors (Lipinski definition) is 8. The molecular formula is C19H17Cl2FN6O3. The average Bonchev–Trinajstić information content (AvgIpc) is 3.13. The van der Waals surface area contributed by atoms with Crippen LogP contribution in [-0.4, -0.2) is 50.1 Å². The minimum atomic E-state index is -0.943.